The van der Waals surface area contributed by atoms with Gasteiger partial charge in [-0.25, -0.2) is 17.4 Å². The molecule has 10 heteroatoms. The van der Waals surface area contributed by atoms with Crippen molar-refractivity contribution in [3.05, 3.63) is 82.9 Å². The van der Waals surface area contributed by atoms with Crippen molar-refractivity contribution in [2.24, 2.45) is 0 Å². The highest BCUT2D eigenvalue weighted by molar-refractivity contribution is 9.10. The van der Waals surface area contributed by atoms with E-state index in [0.29, 0.717) is 11.4 Å². The van der Waals surface area contributed by atoms with Crippen LogP contribution in [0.5, 0.6) is 0 Å². The standard InChI is InChI=1S/C26H29BrN6O2S/c1-3-19(2)24-16-25(33-26(30-24)23(27)17-28-33)29-20-11-14-31(15-12-20)18-21-8-7-13-32(21)36(34,35)22-9-5-4-6-10-22/h3-10,13,16-17,20,29H,11-12,14-15,18H2,1-2H3/b19-3+. The maximum absolute atomic E-state index is 13.1. The summed E-state index contributed by atoms with van der Waals surface area (Å²) in [7, 11) is -3.61. The number of benzene rings is 1. The van der Waals surface area contributed by atoms with Gasteiger partial charge in [-0.3, -0.25) is 4.90 Å². The molecule has 1 aromatic carbocycles. The summed E-state index contributed by atoms with van der Waals surface area (Å²) in [6.07, 6.45) is 7.34. The van der Waals surface area contributed by atoms with Crippen molar-refractivity contribution in [3.8, 4) is 0 Å². The summed E-state index contributed by atoms with van der Waals surface area (Å²) in [4.78, 5) is 7.36. The molecule has 1 N–H and O–H groups in total. The number of allylic oxidation sites excluding steroid dienone is 2. The van der Waals surface area contributed by atoms with E-state index in [1.165, 1.54) is 3.97 Å². The molecular weight excluding hydrogens is 540 g/mol. The second kappa shape index (κ2) is 10.2. The van der Waals surface area contributed by atoms with E-state index in [4.69, 9.17) is 4.98 Å². The first kappa shape index (κ1) is 24.7. The van der Waals surface area contributed by atoms with Crippen LogP contribution >= 0.6 is 15.9 Å². The lowest BCUT2D eigenvalue weighted by molar-refractivity contribution is 0.208. The van der Waals surface area contributed by atoms with Gasteiger partial charge in [-0.2, -0.15) is 9.61 Å². The van der Waals surface area contributed by atoms with Crippen LogP contribution in [0.25, 0.3) is 11.2 Å². The van der Waals surface area contributed by atoms with Crippen LogP contribution in [0.15, 0.2) is 76.4 Å². The Morgan fingerprint density at radius 1 is 1.17 bits per heavy atom. The van der Waals surface area contributed by atoms with Gasteiger partial charge in [-0.15, -0.1) is 0 Å². The minimum atomic E-state index is -3.61. The summed E-state index contributed by atoms with van der Waals surface area (Å²) in [5.74, 6) is 0.920. The van der Waals surface area contributed by atoms with Crippen molar-refractivity contribution in [2.45, 2.75) is 44.2 Å². The Hall–Kier alpha value is -2.95. The van der Waals surface area contributed by atoms with Crippen LogP contribution in [0.3, 0.4) is 0 Å². The molecular formula is C26H29BrN6O2S. The third-order valence-electron chi connectivity index (χ3n) is 6.68. The molecule has 0 saturated carbocycles. The van der Waals surface area contributed by atoms with Crippen molar-refractivity contribution in [1.82, 2.24) is 23.5 Å². The van der Waals surface area contributed by atoms with Crippen LogP contribution in [-0.4, -0.2) is 51.0 Å². The van der Waals surface area contributed by atoms with Crippen LogP contribution in [0.2, 0.25) is 0 Å². The molecule has 1 aliphatic heterocycles. The van der Waals surface area contributed by atoms with Crippen molar-refractivity contribution in [2.75, 3.05) is 18.4 Å². The molecule has 188 valence electrons. The fourth-order valence-corrected chi connectivity index (χ4v) is 6.26. The normalized spacial score (nSPS) is 16.0. The van der Waals surface area contributed by atoms with Gasteiger partial charge in [-0.1, -0.05) is 24.3 Å². The van der Waals surface area contributed by atoms with Crippen LogP contribution in [0, 0.1) is 0 Å². The molecule has 0 bridgehead atoms. The van der Waals surface area contributed by atoms with E-state index in [1.807, 2.05) is 23.6 Å². The number of likely N-dealkylation sites (tertiary alicyclic amines) is 1. The molecule has 1 saturated heterocycles. The number of hydrogen-bond donors (Lipinski definition) is 1. The third kappa shape index (κ3) is 4.85. The lowest BCUT2D eigenvalue weighted by Gasteiger charge is -2.33. The lowest BCUT2D eigenvalue weighted by Crippen LogP contribution is -2.39. The molecule has 5 rings (SSSR count). The average molecular weight is 570 g/mol. The van der Waals surface area contributed by atoms with Gasteiger partial charge in [0.05, 0.1) is 21.3 Å². The van der Waals surface area contributed by atoms with Gasteiger partial charge < -0.3 is 5.32 Å². The van der Waals surface area contributed by atoms with Crippen LogP contribution in [0.4, 0.5) is 5.82 Å². The summed E-state index contributed by atoms with van der Waals surface area (Å²) in [5.41, 5.74) is 3.59. The molecule has 0 amide bonds. The van der Waals surface area contributed by atoms with E-state index < -0.39 is 10.0 Å². The predicted octanol–water partition coefficient (Wildman–Crippen LogP) is 5.03. The largest absolute Gasteiger partial charge is 0.367 e. The van der Waals surface area contributed by atoms with Gasteiger partial charge in [0.2, 0.25) is 0 Å². The second-order valence-electron chi connectivity index (χ2n) is 9.03. The first-order valence-electron chi connectivity index (χ1n) is 12.0. The average Bonchev–Trinajstić information content (AvgIpc) is 3.52. The maximum atomic E-state index is 13.1. The zero-order valence-corrected chi connectivity index (χ0v) is 22.7. The van der Waals surface area contributed by atoms with Gasteiger partial charge in [0.25, 0.3) is 10.0 Å². The highest BCUT2D eigenvalue weighted by atomic mass is 79.9. The maximum Gasteiger partial charge on any atom is 0.267 e. The Morgan fingerprint density at radius 3 is 2.64 bits per heavy atom. The number of halogens is 1. The molecule has 1 fully saturated rings. The van der Waals surface area contributed by atoms with E-state index >= 15 is 0 Å². The van der Waals surface area contributed by atoms with E-state index in [0.717, 1.165) is 58.8 Å². The number of hydrogen-bond acceptors (Lipinski definition) is 6. The van der Waals surface area contributed by atoms with E-state index in [-0.39, 0.29) is 6.04 Å². The molecule has 0 atom stereocenters. The molecule has 0 unspecified atom stereocenters. The minimum Gasteiger partial charge on any atom is -0.367 e. The molecule has 4 aromatic rings. The van der Waals surface area contributed by atoms with Crippen molar-refractivity contribution < 1.29 is 8.42 Å². The molecule has 36 heavy (non-hydrogen) atoms. The Bertz CT molecular complexity index is 1500. The molecule has 4 heterocycles. The second-order valence-corrected chi connectivity index (χ2v) is 11.7. The summed E-state index contributed by atoms with van der Waals surface area (Å²) >= 11 is 3.56. The molecule has 3 aromatic heterocycles. The third-order valence-corrected chi connectivity index (χ3v) is 8.99. The highest BCUT2D eigenvalue weighted by Crippen LogP contribution is 2.26. The minimum absolute atomic E-state index is 0.286. The van der Waals surface area contributed by atoms with E-state index in [1.54, 1.807) is 42.7 Å². The molecule has 0 spiro atoms. The first-order valence-corrected chi connectivity index (χ1v) is 14.2. The Labute approximate surface area is 219 Å². The van der Waals surface area contributed by atoms with Gasteiger partial charge in [-0.05, 0) is 72.5 Å². The van der Waals surface area contributed by atoms with Gasteiger partial charge in [0.1, 0.15) is 5.82 Å². The molecule has 0 aliphatic carbocycles. The Balaban J connectivity index is 1.27. The molecule has 8 nitrogen and oxygen atoms in total. The number of anilines is 1. The van der Waals surface area contributed by atoms with Crippen LogP contribution in [0.1, 0.15) is 38.1 Å². The lowest BCUT2D eigenvalue weighted by atomic mass is 10.0. The highest BCUT2D eigenvalue weighted by Gasteiger charge is 2.24. The SMILES string of the molecule is C/C=C(\C)c1cc(NC2CCN(Cc3cccn3S(=O)(=O)c3ccccc3)CC2)n2ncc(Br)c2n1. The van der Waals surface area contributed by atoms with Crippen LogP contribution in [-0.2, 0) is 16.6 Å². The monoisotopic (exact) mass is 568 g/mol. The van der Waals surface area contributed by atoms with Crippen molar-refractivity contribution in [1.29, 1.82) is 0 Å². The number of nitrogens with zero attached hydrogens (tertiary/aromatic N) is 5. The zero-order valence-electron chi connectivity index (χ0n) is 20.3. The van der Waals surface area contributed by atoms with Gasteiger partial charge in [0, 0.05) is 43.6 Å². The number of nitrogens with one attached hydrogen (secondary N) is 1. The summed E-state index contributed by atoms with van der Waals surface area (Å²) in [5, 5.41) is 8.17. The van der Waals surface area contributed by atoms with Gasteiger partial charge >= 0.3 is 0 Å². The summed E-state index contributed by atoms with van der Waals surface area (Å²) in [6.45, 7) is 6.39. The fourth-order valence-electron chi connectivity index (χ4n) is 4.53. The van der Waals surface area contributed by atoms with Crippen molar-refractivity contribution >= 4 is 43.0 Å². The van der Waals surface area contributed by atoms with E-state index in [2.05, 4.69) is 50.3 Å². The van der Waals surface area contributed by atoms with Gasteiger partial charge in [0.15, 0.2) is 5.65 Å². The van der Waals surface area contributed by atoms with Crippen LogP contribution < -0.4 is 5.32 Å². The molecule has 0 radical (unpaired) electrons. The molecule has 1 aliphatic rings. The number of rotatable bonds is 7. The fraction of sp³-hybridized carbons (Fsp3) is 0.308. The number of piperidine rings is 1. The summed E-state index contributed by atoms with van der Waals surface area (Å²) < 4.78 is 30.4. The smallest absolute Gasteiger partial charge is 0.267 e. The Morgan fingerprint density at radius 2 is 1.92 bits per heavy atom. The number of fused-ring (bicyclic) bond motifs is 1. The quantitative estimate of drug-likeness (QED) is 0.336. The van der Waals surface area contributed by atoms with Crippen molar-refractivity contribution in [3.63, 3.8) is 0 Å². The summed E-state index contributed by atoms with van der Waals surface area (Å²) in [6, 6.07) is 14.6. The first-order chi connectivity index (χ1) is 17.4. The van der Waals surface area contributed by atoms with E-state index in [9.17, 15) is 8.42 Å². The topological polar surface area (TPSA) is 84.5 Å². The Kier molecular flexibility index (Phi) is 7.00. The number of aromatic nitrogens is 4. The predicted molar refractivity (Wildman–Crippen MR) is 145 cm³/mol. The zero-order chi connectivity index (χ0) is 25.3.